The number of anilines is 2. The molecular weight excluding hydrogens is 204 g/mol. The number of hydrogen-bond acceptors (Lipinski definition) is 4. The number of nitrogen functional groups attached to an aromatic ring is 1. The number of carbonyl (C=O) groups excluding carboxylic acids is 1. The van der Waals surface area contributed by atoms with E-state index in [1.807, 2.05) is 0 Å². The van der Waals surface area contributed by atoms with Crippen LogP contribution in [0.1, 0.15) is 10.4 Å². The number of rotatable bonds is 2. The molecule has 2 heterocycles. The van der Waals surface area contributed by atoms with Gasteiger partial charge in [0, 0.05) is 12.4 Å². The maximum Gasteiger partial charge on any atom is 0.258 e. The lowest BCUT2D eigenvalue weighted by atomic mass is 10.2. The van der Waals surface area contributed by atoms with Crippen molar-refractivity contribution in [3.8, 4) is 0 Å². The molecule has 0 fully saturated rings. The summed E-state index contributed by atoms with van der Waals surface area (Å²) in [6, 6.07) is 8.47. The van der Waals surface area contributed by atoms with Crippen molar-refractivity contribution in [1.82, 2.24) is 9.97 Å². The van der Waals surface area contributed by atoms with E-state index < -0.39 is 0 Å². The van der Waals surface area contributed by atoms with Crippen LogP contribution in [0, 0.1) is 0 Å². The first-order valence-corrected chi connectivity index (χ1v) is 4.69. The van der Waals surface area contributed by atoms with E-state index in [1.165, 1.54) is 6.20 Å². The molecule has 0 aliphatic heterocycles. The van der Waals surface area contributed by atoms with Crippen LogP contribution >= 0.6 is 0 Å². The van der Waals surface area contributed by atoms with Crippen LogP contribution in [0.25, 0.3) is 0 Å². The summed E-state index contributed by atoms with van der Waals surface area (Å²) in [5.74, 6) is 0.630. The topological polar surface area (TPSA) is 80.9 Å². The summed E-state index contributed by atoms with van der Waals surface area (Å²) >= 11 is 0. The van der Waals surface area contributed by atoms with Gasteiger partial charge in [-0.15, -0.1) is 0 Å². The molecule has 0 spiro atoms. The molecule has 0 unspecified atom stereocenters. The van der Waals surface area contributed by atoms with E-state index in [0.29, 0.717) is 17.2 Å². The predicted octanol–water partition coefficient (Wildman–Crippen LogP) is 1.31. The van der Waals surface area contributed by atoms with Crippen molar-refractivity contribution in [2.24, 2.45) is 0 Å². The zero-order valence-electron chi connectivity index (χ0n) is 8.42. The first-order valence-electron chi connectivity index (χ1n) is 4.69. The van der Waals surface area contributed by atoms with Gasteiger partial charge in [0.2, 0.25) is 0 Å². The van der Waals surface area contributed by atoms with E-state index in [2.05, 4.69) is 15.3 Å². The number of nitrogens with one attached hydrogen (secondary N) is 1. The quantitative estimate of drug-likeness (QED) is 0.789. The van der Waals surface area contributed by atoms with Gasteiger partial charge in [-0.25, -0.2) is 9.97 Å². The highest BCUT2D eigenvalue weighted by atomic mass is 16.1. The average Bonchev–Trinajstić information content (AvgIpc) is 2.31. The third-order valence-electron chi connectivity index (χ3n) is 1.96. The van der Waals surface area contributed by atoms with Gasteiger partial charge in [0.25, 0.3) is 5.91 Å². The summed E-state index contributed by atoms with van der Waals surface area (Å²) in [7, 11) is 0. The van der Waals surface area contributed by atoms with Crippen molar-refractivity contribution in [1.29, 1.82) is 0 Å². The van der Waals surface area contributed by atoms with Gasteiger partial charge in [-0.05, 0) is 24.3 Å². The second kappa shape index (κ2) is 4.39. The van der Waals surface area contributed by atoms with Crippen LogP contribution in [0.5, 0.6) is 0 Å². The van der Waals surface area contributed by atoms with Crippen molar-refractivity contribution in [3.05, 3.63) is 48.3 Å². The number of amides is 1. The van der Waals surface area contributed by atoms with Crippen LogP contribution in [-0.2, 0) is 0 Å². The zero-order valence-corrected chi connectivity index (χ0v) is 8.42. The first-order chi connectivity index (χ1) is 7.75. The summed E-state index contributed by atoms with van der Waals surface area (Å²) < 4.78 is 0. The van der Waals surface area contributed by atoms with Crippen LogP contribution in [-0.4, -0.2) is 15.9 Å². The Morgan fingerprint density at radius 1 is 1.19 bits per heavy atom. The molecule has 0 aliphatic rings. The number of nitrogens with two attached hydrogens (primary N) is 1. The Labute approximate surface area is 92.3 Å². The Bertz CT molecular complexity index is 481. The lowest BCUT2D eigenvalue weighted by Crippen LogP contribution is -2.13. The van der Waals surface area contributed by atoms with Crippen molar-refractivity contribution in [2.75, 3.05) is 11.1 Å². The number of hydrogen-bond donors (Lipinski definition) is 2. The molecule has 0 saturated carbocycles. The smallest absolute Gasteiger partial charge is 0.258 e. The molecule has 3 N–H and O–H groups in total. The van der Waals surface area contributed by atoms with Gasteiger partial charge in [0.1, 0.15) is 11.6 Å². The number of pyridine rings is 2. The average molecular weight is 214 g/mol. The standard InChI is InChI=1S/C11H10N4O/c12-9-5-4-8(7-14-9)11(16)15-10-3-1-2-6-13-10/h1-7H,(H2,12,14)(H,13,15,16). The second-order valence-corrected chi connectivity index (χ2v) is 3.14. The third kappa shape index (κ3) is 2.33. The highest BCUT2D eigenvalue weighted by Crippen LogP contribution is 2.05. The Morgan fingerprint density at radius 2 is 2.06 bits per heavy atom. The van der Waals surface area contributed by atoms with Crippen LogP contribution in [0.15, 0.2) is 42.7 Å². The molecule has 16 heavy (non-hydrogen) atoms. The minimum atomic E-state index is -0.258. The minimum Gasteiger partial charge on any atom is -0.384 e. The molecular formula is C11H10N4O. The Hall–Kier alpha value is -2.43. The van der Waals surface area contributed by atoms with Gasteiger partial charge in [-0.1, -0.05) is 6.07 Å². The molecule has 5 heteroatoms. The van der Waals surface area contributed by atoms with Crippen LogP contribution in [0.4, 0.5) is 11.6 Å². The Kier molecular flexibility index (Phi) is 2.77. The molecule has 2 aromatic rings. The summed E-state index contributed by atoms with van der Waals surface area (Å²) in [6.45, 7) is 0. The maximum absolute atomic E-state index is 11.7. The maximum atomic E-state index is 11.7. The minimum absolute atomic E-state index is 0.258. The van der Waals surface area contributed by atoms with E-state index in [4.69, 9.17) is 5.73 Å². The first kappa shape index (κ1) is 10.1. The van der Waals surface area contributed by atoms with Gasteiger partial charge in [-0.2, -0.15) is 0 Å². The van der Waals surface area contributed by atoms with Gasteiger partial charge < -0.3 is 11.1 Å². The lowest BCUT2D eigenvalue weighted by Gasteiger charge is -2.03. The highest BCUT2D eigenvalue weighted by Gasteiger charge is 2.06. The van der Waals surface area contributed by atoms with Crippen molar-refractivity contribution in [2.45, 2.75) is 0 Å². The van der Waals surface area contributed by atoms with E-state index in [9.17, 15) is 4.79 Å². The van der Waals surface area contributed by atoms with Crippen LogP contribution < -0.4 is 11.1 Å². The van der Waals surface area contributed by atoms with Gasteiger partial charge in [0.15, 0.2) is 0 Å². The SMILES string of the molecule is Nc1ccc(C(=O)Nc2ccccn2)cn1. The molecule has 0 atom stereocenters. The van der Waals surface area contributed by atoms with E-state index in [1.54, 1.807) is 36.5 Å². The fraction of sp³-hybridized carbons (Fsp3) is 0. The molecule has 2 aromatic heterocycles. The van der Waals surface area contributed by atoms with E-state index in [-0.39, 0.29) is 5.91 Å². The normalized spacial score (nSPS) is 9.75. The van der Waals surface area contributed by atoms with Gasteiger partial charge in [-0.3, -0.25) is 4.79 Å². The van der Waals surface area contributed by atoms with Crippen molar-refractivity contribution < 1.29 is 4.79 Å². The second-order valence-electron chi connectivity index (χ2n) is 3.14. The fourth-order valence-corrected chi connectivity index (χ4v) is 1.16. The highest BCUT2D eigenvalue weighted by molar-refractivity contribution is 6.03. The number of carbonyl (C=O) groups is 1. The Balaban J connectivity index is 2.12. The summed E-state index contributed by atoms with van der Waals surface area (Å²) in [5, 5.41) is 2.65. The Morgan fingerprint density at radius 3 is 2.69 bits per heavy atom. The molecule has 2 rings (SSSR count). The summed E-state index contributed by atoms with van der Waals surface area (Å²) in [5.41, 5.74) is 5.87. The van der Waals surface area contributed by atoms with Crippen molar-refractivity contribution >= 4 is 17.5 Å². The van der Waals surface area contributed by atoms with Crippen LogP contribution in [0.3, 0.4) is 0 Å². The third-order valence-corrected chi connectivity index (χ3v) is 1.96. The largest absolute Gasteiger partial charge is 0.384 e. The molecule has 5 nitrogen and oxygen atoms in total. The zero-order chi connectivity index (χ0) is 11.4. The fourth-order valence-electron chi connectivity index (χ4n) is 1.16. The van der Waals surface area contributed by atoms with Crippen LogP contribution in [0.2, 0.25) is 0 Å². The molecule has 0 aliphatic carbocycles. The molecule has 80 valence electrons. The molecule has 0 saturated heterocycles. The predicted molar refractivity (Wildman–Crippen MR) is 60.8 cm³/mol. The summed E-state index contributed by atoms with van der Waals surface area (Å²) in [4.78, 5) is 19.5. The molecule has 0 bridgehead atoms. The van der Waals surface area contributed by atoms with Gasteiger partial charge in [0.05, 0.1) is 5.56 Å². The summed E-state index contributed by atoms with van der Waals surface area (Å²) in [6.07, 6.45) is 3.03. The lowest BCUT2D eigenvalue weighted by molar-refractivity contribution is 0.102. The van der Waals surface area contributed by atoms with E-state index >= 15 is 0 Å². The van der Waals surface area contributed by atoms with Crippen molar-refractivity contribution in [3.63, 3.8) is 0 Å². The van der Waals surface area contributed by atoms with Gasteiger partial charge >= 0.3 is 0 Å². The van der Waals surface area contributed by atoms with E-state index in [0.717, 1.165) is 0 Å². The molecule has 1 amide bonds. The number of nitrogens with zero attached hydrogens (tertiary/aromatic N) is 2. The number of aromatic nitrogens is 2. The molecule has 0 aromatic carbocycles. The molecule has 0 radical (unpaired) electrons. The monoisotopic (exact) mass is 214 g/mol.